The molecule has 1 heterocycles. The molecule has 0 aliphatic rings. The van der Waals surface area contributed by atoms with Crippen molar-refractivity contribution in [3.05, 3.63) is 27.6 Å². The highest BCUT2D eigenvalue weighted by atomic mass is 35.5. The van der Waals surface area contributed by atoms with Gasteiger partial charge in [-0.05, 0) is 19.4 Å². The van der Waals surface area contributed by atoms with E-state index in [0.717, 1.165) is 18.7 Å². The Hall–Kier alpha value is -1.38. The number of H-pyrrole nitrogens is 1. The van der Waals surface area contributed by atoms with Gasteiger partial charge in [0.05, 0.1) is 10.9 Å². The fourth-order valence-electron chi connectivity index (χ4n) is 1.35. The summed E-state index contributed by atoms with van der Waals surface area (Å²) in [5.41, 5.74) is -0.584. The van der Waals surface area contributed by atoms with E-state index in [1.165, 1.54) is 6.92 Å². The molecule has 0 bridgehead atoms. The lowest BCUT2D eigenvalue weighted by molar-refractivity contribution is -0.122. The smallest absolute Gasteiger partial charge is 0.266 e. The van der Waals surface area contributed by atoms with Crippen LogP contribution in [-0.4, -0.2) is 31.9 Å². The molecule has 112 valence electrons. The van der Waals surface area contributed by atoms with Crippen LogP contribution in [0.2, 0.25) is 5.02 Å². The van der Waals surface area contributed by atoms with Gasteiger partial charge in [-0.3, -0.25) is 9.59 Å². The van der Waals surface area contributed by atoms with Gasteiger partial charge in [-0.2, -0.15) is 4.72 Å². The van der Waals surface area contributed by atoms with Gasteiger partial charge in [0.2, 0.25) is 15.9 Å². The molecule has 1 aromatic rings. The number of pyridine rings is 1. The molecule has 0 spiro atoms. The number of halogens is 1. The van der Waals surface area contributed by atoms with Crippen molar-refractivity contribution in [1.82, 2.24) is 15.0 Å². The number of carbonyl (C=O) groups is 1. The standard InChI is InChI=1S/C11H16ClN3O4S/c1-3-4-13-10(16)7(2)15-20(18,19)8-5-9(12)11(17)14-6-8/h5-7,15H,3-4H2,1-2H3,(H,13,16)(H,14,17). The van der Waals surface area contributed by atoms with Crippen LogP contribution >= 0.6 is 11.6 Å². The first kappa shape index (κ1) is 16.7. The minimum atomic E-state index is -3.93. The number of sulfonamides is 1. The third kappa shape index (κ3) is 4.32. The third-order valence-electron chi connectivity index (χ3n) is 2.42. The third-order valence-corrected chi connectivity index (χ3v) is 4.22. The molecular formula is C11H16ClN3O4S. The molecule has 1 amide bonds. The predicted octanol–water partition coefficient (Wildman–Crippen LogP) is 0.221. The van der Waals surface area contributed by atoms with Crippen LogP contribution < -0.4 is 15.6 Å². The number of carbonyl (C=O) groups excluding carboxylic acids is 1. The Morgan fingerprint density at radius 1 is 1.50 bits per heavy atom. The number of nitrogens with one attached hydrogen (secondary N) is 3. The maximum atomic E-state index is 12.0. The topological polar surface area (TPSA) is 108 Å². The molecule has 0 radical (unpaired) electrons. The van der Waals surface area contributed by atoms with Crippen LogP contribution in [-0.2, 0) is 14.8 Å². The lowest BCUT2D eigenvalue weighted by Gasteiger charge is -2.14. The number of amides is 1. The van der Waals surface area contributed by atoms with Crippen LogP contribution in [0.5, 0.6) is 0 Å². The van der Waals surface area contributed by atoms with Crippen LogP contribution in [0, 0.1) is 0 Å². The minimum absolute atomic E-state index is 0.211. The summed E-state index contributed by atoms with van der Waals surface area (Å²) in [6, 6.07) is 0.0941. The summed E-state index contributed by atoms with van der Waals surface area (Å²) in [7, 11) is -3.93. The molecule has 1 rings (SSSR count). The largest absolute Gasteiger partial charge is 0.355 e. The monoisotopic (exact) mass is 321 g/mol. The lowest BCUT2D eigenvalue weighted by atomic mass is 10.3. The van der Waals surface area contributed by atoms with E-state index >= 15 is 0 Å². The van der Waals surface area contributed by atoms with E-state index in [1.807, 2.05) is 6.92 Å². The van der Waals surface area contributed by atoms with Gasteiger partial charge in [-0.25, -0.2) is 8.42 Å². The zero-order valence-electron chi connectivity index (χ0n) is 11.1. The van der Waals surface area contributed by atoms with Gasteiger partial charge in [0.25, 0.3) is 5.56 Å². The van der Waals surface area contributed by atoms with E-state index in [9.17, 15) is 18.0 Å². The SMILES string of the molecule is CCCNC(=O)C(C)NS(=O)(=O)c1c[nH]c(=O)c(Cl)c1. The second kappa shape index (κ2) is 6.87. The molecule has 7 nitrogen and oxygen atoms in total. The molecule has 0 aliphatic carbocycles. The summed E-state index contributed by atoms with van der Waals surface area (Å²) in [6.07, 6.45) is 1.77. The number of aromatic nitrogens is 1. The van der Waals surface area contributed by atoms with E-state index in [4.69, 9.17) is 11.6 Å². The molecule has 0 aromatic carbocycles. The zero-order chi connectivity index (χ0) is 15.3. The van der Waals surface area contributed by atoms with Crippen LogP contribution in [0.3, 0.4) is 0 Å². The Kier molecular flexibility index (Phi) is 5.73. The average Bonchev–Trinajstić information content (AvgIpc) is 2.38. The maximum Gasteiger partial charge on any atom is 0.266 e. The zero-order valence-corrected chi connectivity index (χ0v) is 12.6. The number of hydrogen-bond donors (Lipinski definition) is 3. The molecule has 0 saturated heterocycles. The van der Waals surface area contributed by atoms with Crippen molar-refractivity contribution >= 4 is 27.5 Å². The van der Waals surface area contributed by atoms with Crippen LogP contribution in [0.1, 0.15) is 20.3 Å². The van der Waals surface area contributed by atoms with Gasteiger partial charge < -0.3 is 10.3 Å². The molecular weight excluding hydrogens is 306 g/mol. The molecule has 9 heteroatoms. The molecule has 20 heavy (non-hydrogen) atoms. The summed E-state index contributed by atoms with van der Waals surface area (Å²) in [5, 5.41) is 2.34. The highest BCUT2D eigenvalue weighted by Crippen LogP contribution is 2.10. The van der Waals surface area contributed by atoms with Crippen molar-refractivity contribution in [2.75, 3.05) is 6.54 Å². The number of rotatable bonds is 6. The van der Waals surface area contributed by atoms with Crippen LogP contribution in [0.15, 0.2) is 22.0 Å². The Balaban J connectivity index is 2.86. The average molecular weight is 322 g/mol. The predicted molar refractivity (Wildman–Crippen MR) is 75.2 cm³/mol. The van der Waals surface area contributed by atoms with Crippen molar-refractivity contribution in [3.63, 3.8) is 0 Å². The van der Waals surface area contributed by atoms with Crippen molar-refractivity contribution in [3.8, 4) is 0 Å². The summed E-state index contributed by atoms with van der Waals surface area (Å²) in [4.78, 5) is 24.7. The van der Waals surface area contributed by atoms with Gasteiger partial charge in [0.1, 0.15) is 5.02 Å². The normalized spacial score (nSPS) is 12.9. The Bertz CT molecular complexity index is 641. The summed E-state index contributed by atoms with van der Waals surface area (Å²) in [6.45, 7) is 3.78. The minimum Gasteiger partial charge on any atom is -0.355 e. The van der Waals surface area contributed by atoms with E-state index in [-0.39, 0.29) is 9.92 Å². The maximum absolute atomic E-state index is 12.0. The molecule has 0 saturated carbocycles. The summed E-state index contributed by atoms with van der Waals surface area (Å²) in [5.74, 6) is -0.425. The lowest BCUT2D eigenvalue weighted by Crippen LogP contribution is -2.44. The summed E-state index contributed by atoms with van der Waals surface area (Å²) >= 11 is 5.57. The second-order valence-corrected chi connectivity index (χ2v) is 6.27. The Labute approximate surface area is 121 Å². The van der Waals surface area contributed by atoms with Gasteiger partial charge in [0.15, 0.2) is 0 Å². The van der Waals surface area contributed by atoms with Gasteiger partial charge >= 0.3 is 0 Å². The van der Waals surface area contributed by atoms with Crippen molar-refractivity contribution < 1.29 is 13.2 Å². The molecule has 1 unspecified atom stereocenters. The highest BCUT2D eigenvalue weighted by Gasteiger charge is 2.22. The fourth-order valence-corrected chi connectivity index (χ4v) is 2.78. The number of aromatic amines is 1. The Morgan fingerprint density at radius 2 is 2.15 bits per heavy atom. The second-order valence-electron chi connectivity index (χ2n) is 4.15. The first-order chi connectivity index (χ1) is 9.27. The first-order valence-electron chi connectivity index (χ1n) is 5.96. The van der Waals surface area contributed by atoms with Gasteiger partial charge in [-0.15, -0.1) is 0 Å². The fraction of sp³-hybridized carbons (Fsp3) is 0.455. The van der Waals surface area contributed by atoms with Crippen molar-refractivity contribution in [2.45, 2.75) is 31.2 Å². The van der Waals surface area contributed by atoms with Crippen molar-refractivity contribution in [1.29, 1.82) is 0 Å². The summed E-state index contributed by atoms with van der Waals surface area (Å²) < 4.78 is 26.2. The first-order valence-corrected chi connectivity index (χ1v) is 7.82. The molecule has 0 aliphatic heterocycles. The molecule has 1 atom stereocenters. The molecule has 3 N–H and O–H groups in total. The van der Waals surface area contributed by atoms with Gasteiger partial charge in [0, 0.05) is 12.7 Å². The Morgan fingerprint density at radius 3 is 2.70 bits per heavy atom. The molecule has 1 aromatic heterocycles. The van der Waals surface area contributed by atoms with Gasteiger partial charge in [-0.1, -0.05) is 18.5 Å². The van der Waals surface area contributed by atoms with Crippen LogP contribution in [0.4, 0.5) is 0 Å². The van der Waals surface area contributed by atoms with E-state index < -0.39 is 27.5 Å². The van der Waals surface area contributed by atoms with E-state index in [2.05, 4.69) is 15.0 Å². The highest BCUT2D eigenvalue weighted by molar-refractivity contribution is 7.89. The van der Waals surface area contributed by atoms with Crippen LogP contribution in [0.25, 0.3) is 0 Å². The van der Waals surface area contributed by atoms with Crippen molar-refractivity contribution in [2.24, 2.45) is 0 Å². The van der Waals surface area contributed by atoms with E-state index in [1.54, 1.807) is 0 Å². The molecule has 0 fully saturated rings. The quantitative estimate of drug-likeness (QED) is 0.696. The number of hydrogen-bond acceptors (Lipinski definition) is 4. The van der Waals surface area contributed by atoms with E-state index in [0.29, 0.717) is 6.54 Å².